The van der Waals surface area contributed by atoms with Crippen LogP contribution in [0.25, 0.3) is 21.9 Å². The van der Waals surface area contributed by atoms with Crippen molar-refractivity contribution in [1.82, 2.24) is 19.9 Å². The summed E-state index contributed by atoms with van der Waals surface area (Å²) >= 11 is -2.48. The van der Waals surface area contributed by atoms with Crippen molar-refractivity contribution in [3.63, 3.8) is 0 Å². The Bertz CT molecular complexity index is 928. The Morgan fingerprint density at radius 1 is 1.31 bits per heavy atom. The van der Waals surface area contributed by atoms with Crippen LogP contribution in [0.2, 0.25) is 0 Å². The second-order valence-corrected chi connectivity index (χ2v) is 6.56. The zero-order valence-electron chi connectivity index (χ0n) is 14.6. The molecular formula is C17H22N5O3S-. The summed E-state index contributed by atoms with van der Waals surface area (Å²) in [6.07, 6.45) is 2.61. The van der Waals surface area contributed by atoms with Crippen LogP contribution < -0.4 is 11.1 Å². The average Bonchev–Trinajstić information content (AvgIpc) is 3.00. The van der Waals surface area contributed by atoms with Gasteiger partial charge in [-0.2, -0.15) is 0 Å². The van der Waals surface area contributed by atoms with Crippen LogP contribution in [0.15, 0.2) is 24.3 Å². The molecular weight excluding hydrogens is 354 g/mol. The van der Waals surface area contributed by atoms with Crippen LogP contribution in [0.4, 0.5) is 5.82 Å². The predicted octanol–water partition coefficient (Wildman–Crippen LogP) is 1.87. The molecule has 3 rings (SSSR count). The van der Waals surface area contributed by atoms with Gasteiger partial charge in [0.1, 0.15) is 18.1 Å². The minimum Gasteiger partial charge on any atom is -0.750 e. The molecule has 3 N–H and O–H groups in total. The van der Waals surface area contributed by atoms with Gasteiger partial charge in [-0.05, 0) is 25.5 Å². The largest absolute Gasteiger partial charge is 0.750 e. The molecule has 2 aromatic heterocycles. The lowest BCUT2D eigenvalue weighted by atomic mass is 10.2. The van der Waals surface area contributed by atoms with Gasteiger partial charge in [0.2, 0.25) is 0 Å². The van der Waals surface area contributed by atoms with Gasteiger partial charge in [-0.25, -0.2) is 14.2 Å². The summed E-state index contributed by atoms with van der Waals surface area (Å²) in [4.78, 5) is 9.16. The van der Waals surface area contributed by atoms with Crippen molar-refractivity contribution < 1.29 is 12.9 Å². The summed E-state index contributed by atoms with van der Waals surface area (Å²) < 4.78 is 27.2. The van der Waals surface area contributed by atoms with E-state index in [1.807, 2.05) is 24.3 Å². The van der Waals surface area contributed by atoms with Gasteiger partial charge in [0.25, 0.3) is 0 Å². The third kappa shape index (κ3) is 4.01. The van der Waals surface area contributed by atoms with Gasteiger partial charge in [-0.15, -0.1) is 0 Å². The van der Waals surface area contributed by atoms with Crippen molar-refractivity contribution in [3.8, 4) is 0 Å². The normalized spacial score (nSPS) is 12.8. The summed E-state index contributed by atoms with van der Waals surface area (Å²) in [5.41, 5.74) is 8.78. The molecule has 0 aliphatic heterocycles. The maximum atomic E-state index is 10.3. The highest BCUT2D eigenvalue weighted by atomic mass is 32.2. The van der Waals surface area contributed by atoms with E-state index in [9.17, 15) is 8.76 Å². The van der Waals surface area contributed by atoms with Crippen molar-refractivity contribution in [1.29, 1.82) is 0 Å². The standard InChI is InChI=1S/C17H23N5O3S/c1-2-14-21-15-16(12-7-3-4-8-13(12)20-17(15)18)22(14)10-6-5-9-19-11-25-26(23)24/h3-4,7-8,19H,2,5-6,9-11H2,1H3,(H2,18,20)(H,23,24)/p-1. The van der Waals surface area contributed by atoms with Crippen molar-refractivity contribution in [2.24, 2.45) is 0 Å². The first-order chi connectivity index (χ1) is 12.6. The van der Waals surface area contributed by atoms with E-state index in [1.165, 1.54) is 0 Å². The van der Waals surface area contributed by atoms with Gasteiger partial charge in [0, 0.05) is 18.4 Å². The molecule has 26 heavy (non-hydrogen) atoms. The van der Waals surface area contributed by atoms with Crippen molar-refractivity contribution in [2.75, 3.05) is 19.0 Å². The Balaban J connectivity index is 1.78. The molecule has 1 aromatic carbocycles. The number of nitrogens with two attached hydrogens (primary N) is 1. The Hall–Kier alpha value is -2.07. The number of anilines is 1. The Labute approximate surface area is 154 Å². The summed E-state index contributed by atoms with van der Waals surface area (Å²) in [7, 11) is 0. The number of fused-ring (bicyclic) bond motifs is 3. The number of aryl methyl sites for hydroxylation is 2. The van der Waals surface area contributed by atoms with E-state index in [0.29, 0.717) is 12.4 Å². The van der Waals surface area contributed by atoms with E-state index in [-0.39, 0.29) is 6.73 Å². The molecule has 1 unspecified atom stereocenters. The Morgan fingerprint density at radius 2 is 2.12 bits per heavy atom. The Morgan fingerprint density at radius 3 is 2.88 bits per heavy atom. The zero-order valence-corrected chi connectivity index (χ0v) is 15.4. The SMILES string of the molecule is CCc1nc2c(N)nc3ccccc3c2n1CCCCNCOS(=O)[O-]. The monoisotopic (exact) mass is 376 g/mol. The molecule has 0 saturated carbocycles. The zero-order chi connectivity index (χ0) is 18.5. The van der Waals surface area contributed by atoms with Crippen LogP contribution in [0.1, 0.15) is 25.6 Å². The molecule has 140 valence electrons. The summed E-state index contributed by atoms with van der Waals surface area (Å²) in [5.74, 6) is 1.44. The smallest absolute Gasteiger partial charge is 0.152 e. The topological polar surface area (TPSA) is 118 Å². The fourth-order valence-electron chi connectivity index (χ4n) is 3.10. The molecule has 8 nitrogen and oxygen atoms in total. The number of imidazole rings is 1. The minimum absolute atomic E-state index is 0.00281. The number of pyridine rings is 1. The summed E-state index contributed by atoms with van der Waals surface area (Å²) in [5, 5.41) is 3.98. The van der Waals surface area contributed by atoms with Gasteiger partial charge in [-0.1, -0.05) is 25.1 Å². The number of benzene rings is 1. The molecule has 0 fully saturated rings. The highest BCUT2D eigenvalue weighted by Crippen LogP contribution is 2.29. The fourth-order valence-corrected chi connectivity index (χ4v) is 3.28. The molecule has 0 amide bonds. The van der Waals surface area contributed by atoms with E-state index in [0.717, 1.165) is 53.6 Å². The molecule has 3 aromatic rings. The van der Waals surface area contributed by atoms with E-state index in [1.54, 1.807) is 0 Å². The average molecular weight is 376 g/mol. The van der Waals surface area contributed by atoms with Crippen LogP contribution in [-0.4, -0.2) is 36.6 Å². The van der Waals surface area contributed by atoms with Crippen LogP contribution >= 0.6 is 0 Å². The number of nitrogen functional groups attached to an aromatic ring is 1. The van der Waals surface area contributed by atoms with Crippen molar-refractivity contribution in [3.05, 3.63) is 30.1 Å². The number of aromatic nitrogens is 3. The second kappa shape index (κ2) is 8.54. The highest BCUT2D eigenvalue weighted by molar-refractivity contribution is 7.74. The maximum Gasteiger partial charge on any atom is 0.152 e. The molecule has 2 heterocycles. The van der Waals surface area contributed by atoms with Crippen molar-refractivity contribution in [2.45, 2.75) is 32.7 Å². The third-order valence-electron chi connectivity index (χ3n) is 4.25. The van der Waals surface area contributed by atoms with Crippen LogP contribution in [0, 0.1) is 0 Å². The second-order valence-electron chi connectivity index (χ2n) is 5.92. The number of unbranched alkanes of at least 4 members (excludes halogenated alkanes) is 1. The summed E-state index contributed by atoms with van der Waals surface area (Å²) in [6.45, 7) is 3.56. The molecule has 0 aliphatic carbocycles. The highest BCUT2D eigenvalue weighted by Gasteiger charge is 2.15. The number of para-hydroxylation sites is 1. The first kappa shape index (κ1) is 18.7. The third-order valence-corrected chi connectivity index (χ3v) is 4.56. The predicted molar refractivity (Wildman–Crippen MR) is 101 cm³/mol. The molecule has 0 bridgehead atoms. The fraction of sp³-hybridized carbons (Fsp3) is 0.412. The lowest BCUT2D eigenvalue weighted by molar-refractivity contribution is 0.272. The van der Waals surface area contributed by atoms with Crippen molar-refractivity contribution >= 4 is 39.1 Å². The van der Waals surface area contributed by atoms with Crippen LogP contribution in [0.5, 0.6) is 0 Å². The number of nitrogens with one attached hydrogen (secondary N) is 1. The van der Waals surface area contributed by atoms with E-state index >= 15 is 0 Å². The maximum absolute atomic E-state index is 10.3. The quantitative estimate of drug-likeness (QED) is 0.332. The van der Waals surface area contributed by atoms with Crippen LogP contribution in [-0.2, 0) is 28.5 Å². The molecule has 0 radical (unpaired) electrons. The lowest BCUT2D eigenvalue weighted by Gasteiger charge is -2.11. The van der Waals surface area contributed by atoms with Gasteiger partial charge in [-0.3, -0.25) is 9.50 Å². The number of rotatable bonds is 9. The number of hydrogen-bond donors (Lipinski definition) is 2. The van der Waals surface area contributed by atoms with Gasteiger partial charge >= 0.3 is 0 Å². The minimum atomic E-state index is -2.48. The van der Waals surface area contributed by atoms with Gasteiger partial charge in [0.05, 0.1) is 22.4 Å². The van der Waals surface area contributed by atoms with Crippen LogP contribution in [0.3, 0.4) is 0 Å². The lowest BCUT2D eigenvalue weighted by Crippen LogP contribution is -2.20. The molecule has 0 spiro atoms. The Kier molecular flexibility index (Phi) is 6.15. The molecule has 0 aliphatic rings. The van der Waals surface area contributed by atoms with E-state index in [2.05, 4.69) is 26.0 Å². The first-order valence-corrected chi connectivity index (χ1v) is 9.58. The molecule has 9 heteroatoms. The first-order valence-electron chi connectivity index (χ1n) is 8.58. The van der Waals surface area contributed by atoms with E-state index in [4.69, 9.17) is 10.7 Å². The molecule has 0 saturated heterocycles. The number of nitrogens with zero attached hydrogens (tertiary/aromatic N) is 3. The number of hydrogen-bond acceptors (Lipinski definition) is 7. The van der Waals surface area contributed by atoms with E-state index < -0.39 is 11.4 Å². The summed E-state index contributed by atoms with van der Waals surface area (Å²) in [6, 6.07) is 7.94. The van der Waals surface area contributed by atoms with Gasteiger partial charge in [0.15, 0.2) is 5.82 Å². The van der Waals surface area contributed by atoms with Gasteiger partial charge < -0.3 is 14.9 Å². The molecule has 1 atom stereocenters.